The van der Waals surface area contributed by atoms with E-state index in [1.165, 1.54) is 206 Å². The lowest BCUT2D eigenvalue weighted by Gasteiger charge is -2.11. The molecule has 16 aromatic carbocycles. The van der Waals surface area contributed by atoms with Crippen molar-refractivity contribution >= 4 is 0 Å². The van der Waals surface area contributed by atoms with E-state index in [-0.39, 0.29) is 0 Å². The Labute approximate surface area is 704 Å². The average molecular weight is 1530 g/mol. The third-order valence-electron chi connectivity index (χ3n) is 20.9. The quantitative estimate of drug-likeness (QED) is 0.142. The average Bonchev–Trinajstić information content (AvgIpc) is 0.833. The molecule has 0 atom stereocenters. The Balaban J connectivity index is 0.000000153. The van der Waals surface area contributed by atoms with Crippen LogP contribution in [0, 0.1) is 145 Å². The lowest BCUT2D eigenvalue weighted by Crippen LogP contribution is -1.90. The Hall–Kier alpha value is -12.5. The number of aryl methyl sites for hydroxylation is 21. The van der Waals surface area contributed by atoms with E-state index in [0.29, 0.717) is 0 Å². The summed E-state index contributed by atoms with van der Waals surface area (Å²) in [6.07, 6.45) is 0. The van der Waals surface area contributed by atoms with Gasteiger partial charge in [0.2, 0.25) is 0 Å². The normalized spacial score (nSPS) is 10.3. The van der Waals surface area contributed by atoms with Crippen LogP contribution in [-0.4, -0.2) is 0 Å². The van der Waals surface area contributed by atoms with Gasteiger partial charge in [0.25, 0.3) is 0 Å². The number of hydrogen-bond donors (Lipinski definition) is 0. The summed E-state index contributed by atoms with van der Waals surface area (Å²) in [7, 11) is 0. The van der Waals surface area contributed by atoms with Crippen LogP contribution < -0.4 is 0 Å². The third kappa shape index (κ3) is 27.9. The van der Waals surface area contributed by atoms with Gasteiger partial charge >= 0.3 is 0 Å². The molecule has 0 unspecified atom stereocenters. The fraction of sp³-hybridized carbons (Fsp3) is 0.179. The molecule has 0 aliphatic heterocycles. The summed E-state index contributed by atoms with van der Waals surface area (Å²) in [5, 5.41) is 0. The molecular weight excluding hydrogens is 1410 g/mol. The Kier molecular flexibility index (Phi) is 33.2. The first-order valence-electron chi connectivity index (χ1n) is 41.2. The van der Waals surface area contributed by atoms with Gasteiger partial charge in [-0.25, -0.2) is 0 Å². The summed E-state index contributed by atoms with van der Waals surface area (Å²) in [6, 6.07) is 128. The molecule has 0 amide bonds. The molecular formula is C117H122. The van der Waals surface area contributed by atoms with Crippen LogP contribution in [0.15, 0.2) is 358 Å². The van der Waals surface area contributed by atoms with Crippen LogP contribution in [-0.2, 0) is 0 Å². The highest BCUT2D eigenvalue weighted by atomic mass is 14.1. The van der Waals surface area contributed by atoms with Gasteiger partial charge in [0.05, 0.1) is 0 Å². The maximum absolute atomic E-state index is 2.25. The van der Waals surface area contributed by atoms with Crippen LogP contribution in [0.1, 0.15) is 117 Å². The van der Waals surface area contributed by atoms with E-state index in [2.05, 4.69) is 503 Å². The van der Waals surface area contributed by atoms with E-state index >= 15 is 0 Å². The molecule has 0 aliphatic rings. The van der Waals surface area contributed by atoms with Crippen molar-refractivity contribution in [2.45, 2.75) is 145 Å². The topological polar surface area (TPSA) is 0 Å². The van der Waals surface area contributed by atoms with Crippen LogP contribution >= 0.6 is 0 Å². The smallest absolute Gasteiger partial charge is 0.0125 e. The molecule has 0 saturated heterocycles. The molecule has 0 nitrogen and oxygen atoms in total. The Morgan fingerprint density at radius 3 is 0.684 bits per heavy atom. The van der Waals surface area contributed by atoms with Gasteiger partial charge in [0.15, 0.2) is 0 Å². The highest BCUT2D eigenvalue weighted by molar-refractivity contribution is 5.74. The van der Waals surface area contributed by atoms with Crippen LogP contribution in [0.5, 0.6) is 0 Å². The van der Waals surface area contributed by atoms with E-state index in [9.17, 15) is 0 Å². The number of rotatable bonds is 8. The van der Waals surface area contributed by atoms with Crippen molar-refractivity contribution in [1.82, 2.24) is 0 Å². The van der Waals surface area contributed by atoms with E-state index in [4.69, 9.17) is 0 Å². The van der Waals surface area contributed by atoms with Gasteiger partial charge in [0.1, 0.15) is 0 Å². The lowest BCUT2D eigenvalue weighted by atomic mass is 9.93. The Morgan fingerprint density at radius 1 is 0.103 bits per heavy atom. The molecule has 590 valence electrons. The van der Waals surface area contributed by atoms with Gasteiger partial charge in [-0.05, 0) is 268 Å². The largest absolute Gasteiger partial charge is 0.0620 e. The zero-order valence-corrected chi connectivity index (χ0v) is 73.6. The minimum absolute atomic E-state index is 1.29. The Morgan fingerprint density at radius 2 is 0.333 bits per heavy atom. The fourth-order valence-electron chi connectivity index (χ4n) is 14.5. The molecule has 0 N–H and O–H groups in total. The molecule has 0 aromatic heterocycles. The van der Waals surface area contributed by atoms with Gasteiger partial charge in [-0.2, -0.15) is 0 Å². The SMILES string of the molecule is Cc1ccc(-c2c(C)cc(C)cc2C)cc1.Cc1ccc(-c2c(C)cccc2C)cc1.Cc1ccc(-c2cc(C)cc(C)c2)cc1.Cc1ccc(-c2ccc(C)cc2)cc1.Cc1ccc(-c2ccc(C)cc2C)cc1.Cc1ccc(-c2cccc(C)c2)cc1.Cc1cccc(-c2cccc(C)c2)c1.Cc1cccc(-c2ccccc2C)c1. The molecule has 0 fully saturated rings. The monoisotopic (exact) mass is 1530 g/mol. The number of hydrogen-bond acceptors (Lipinski definition) is 0. The van der Waals surface area contributed by atoms with Crippen molar-refractivity contribution in [1.29, 1.82) is 0 Å². The number of benzene rings is 16. The zero-order valence-electron chi connectivity index (χ0n) is 73.6. The highest BCUT2D eigenvalue weighted by Crippen LogP contribution is 2.32. The van der Waals surface area contributed by atoms with E-state index in [1.54, 1.807) is 0 Å². The summed E-state index contributed by atoms with van der Waals surface area (Å²) in [4.78, 5) is 0. The van der Waals surface area contributed by atoms with Gasteiger partial charge in [0, 0.05) is 0 Å². The first kappa shape index (κ1) is 88.5. The summed E-state index contributed by atoms with van der Waals surface area (Å²) < 4.78 is 0. The van der Waals surface area contributed by atoms with Gasteiger partial charge in [-0.15, -0.1) is 0 Å². The second kappa shape index (κ2) is 43.9. The molecule has 0 spiro atoms. The molecule has 117 heavy (non-hydrogen) atoms. The molecule has 0 heteroatoms. The van der Waals surface area contributed by atoms with Crippen LogP contribution in [0.3, 0.4) is 0 Å². The molecule has 0 aliphatic carbocycles. The van der Waals surface area contributed by atoms with E-state index in [1.807, 2.05) is 0 Å². The second-order valence-corrected chi connectivity index (χ2v) is 32.1. The zero-order chi connectivity index (χ0) is 84.1. The summed E-state index contributed by atoms with van der Waals surface area (Å²) in [5.41, 5.74) is 48.8. The molecule has 16 aromatic rings. The van der Waals surface area contributed by atoms with Crippen molar-refractivity contribution in [3.05, 3.63) is 475 Å². The maximum Gasteiger partial charge on any atom is -0.0125 e. The molecule has 0 radical (unpaired) electrons. The van der Waals surface area contributed by atoms with Crippen molar-refractivity contribution in [3.63, 3.8) is 0 Å². The van der Waals surface area contributed by atoms with Gasteiger partial charge in [-0.1, -0.05) is 441 Å². The van der Waals surface area contributed by atoms with Crippen molar-refractivity contribution in [2.24, 2.45) is 0 Å². The molecule has 0 saturated carbocycles. The van der Waals surface area contributed by atoms with E-state index < -0.39 is 0 Å². The summed E-state index contributed by atoms with van der Waals surface area (Å²) in [5.74, 6) is 0. The van der Waals surface area contributed by atoms with Gasteiger partial charge in [-0.3, -0.25) is 0 Å². The minimum Gasteiger partial charge on any atom is -0.0620 e. The molecule has 0 heterocycles. The van der Waals surface area contributed by atoms with Crippen LogP contribution in [0.4, 0.5) is 0 Å². The first-order chi connectivity index (χ1) is 56.1. The Bertz CT molecular complexity index is 5640. The first-order valence-corrected chi connectivity index (χ1v) is 41.2. The third-order valence-corrected chi connectivity index (χ3v) is 20.9. The molecule has 0 bridgehead atoms. The van der Waals surface area contributed by atoms with E-state index in [0.717, 1.165) is 0 Å². The highest BCUT2D eigenvalue weighted by Gasteiger charge is 2.09. The molecule has 16 rings (SSSR count). The predicted molar refractivity (Wildman–Crippen MR) is 515 cm³/mol. The van der Waals surface area contributed by atoms with Crippen LogP contribution in [0.2, 0.25) is 0 Å². The van der Waals surface area contributed by atoms with Crippen LogP contribution in [0.25, 0.3) is 89.0 Å². The second-order valence-electron chi connectivity index (χ2n) is 32.1. The van der Waals surface area contributed by atoms with Crippen molar-refractivity contribution in [3.8, 4) is 89.0 Å². The standard InChI is InChI=1S/C16H18.3C15H16.4C14H14/c1-11-5-7-15(8-6-11)16-13(3)9-12(2)10-14(16)4;1-11-4-7-14(8-5-11)15-9-6-12(2)10-13(15)3;1-11-4-6-14(7-5-11)15-9-12(2)8-13(3)10-15;1-11-7-9-14(10-8-11)15-12(2)5-4-6-13(15)3;1-11-3-7-13(8-4-11)14-9-5-12(2)6-10-14;1-11-5-3-7-13(9-11)14-8-4-6-12(2)10-14;1-11-6-5-8-13(10-11)14-9-4-3-7-12(14)2;1-11-6-8-13(9-7-11)14-5-3-4-12(2)10-14/h5-10H,1-4H3;3*4-10H,1-3H3;4*3-10H,1-2H3. The minimum atomic E-state index is 1.29. The van der Waals surface area contributed by atoms with Crippen molar-refractivity contribution in [2.75, 3.05) is 0 Å². The summed E-state index contributed by atoms with van der Waals surface area (Å²) >= 11 is 0. The van der Waals surface area contributed by atoms with Gasteiger partial charge < -0.3 is 0 Å². The van der Waals surface area contributed by atoms with Crippen molar-refractivity contribution < 1.29 is 0 Å². The predicted octanol–water partition coefficient (Wildman–Crippen LogP) is 33.3. The fourth-order valence-corrected chi connectivity index (χ4v) is 14.5. The summed E-state index contributed by atoms with van der Waals surface area (Å²) in [6.45, 7) is 44.9. The maximum atomic E-state index is 2.25. The lowest BCUT2D eigenvalue weighted by molar-refractivity contribution is 1.32.